The molecule has 0 aromatic heterocycles. The maximum atomic E-state index is 9.16. The molecule has 0 fully saturated rings. The summed E-state index contributed by atoms with van der Waals surface area (Å²) in [6.45, 7) is -1.17. The highest BCUT2D eigenvalue weighted by Gasteiger charge is 2.14. The predicted molar refractivity (Wildman–Crippen MR) is 50.4 cm³/mol. The van der Waals surface area contributed by atoms with E-state index in [0.717, 1.165) is 0 Å². The Bertz CT molecular complexity index is 416. The molecular formula is C9H13BO2. The van der Waals surface area contributed by atoms with Gasteiger partial charge in [0.05, 0.1) is 0 Å². The van der Waals surface area contributed by atoms with Crippen LogP contribution in [0.5, 0.6) is 0 Å². The molecule has 0 spiro atoms. The van der Waals surface area contributed by atoms with Gasteiger partial charge in [-0.25, -0.2) is 0 Å². The Kier molecular flexibility index (Phi) is 1.38. The van der Waals surface area contributed by atoms with Crippen LogP contribution in [0.3, 0.4) is 0 Å². The van der Waals surface area contributed by atoms with Crippen LogP contribution in [0.25, 0.3) is 0 Å². The Morgan fingerprint density at radius 3 is 2.92 bits per heavy atom. The summed E-state index contributed by atoms with van der Waals surface area (Å²) in [4.78, 5) is 0. The van der Waals surface area contributed by atoms with Gasteiger partial charge in [0.1, 0.15) is 0 Å². The number of benzene rings is 1. The van der Waals surface area contributed by atoms with Crippen molar-refractivity contribution < 1.29 is 16.9 Å². The summed E-state index contributed by atoms with van der Waals surface area (Å²) < 4.78 is 36.7. The fourth-order valence-corrected chi connectivity index (χ4v) is 1.01. The molecule has 0 aliphatic heterocycles. The van der Waals surface area contributed by atoms with Crippen molar-refractivity contribution in [3.8, 4) is 0 Å². The third-order valence-electron chi connectivity index (χ3n) is 1.62. The van der Waals surface area contributed by atoms with Gasteiger partial charge in [0.15, 0.2) is 0 Å². The molecule has 0 radical (unpaired) electrons. The Balaban J connectivity index is 3.41. The molecule has 1 rings (SSSR count). The van der Waals surface area contributed by atoms with Crippen molar-refractivity contribution in [2.45, 2.75) is 20.1 Å². The van der Waals surface area contributed by atoms with Crippen molar-refractivity contribution in [1.29, 1.82) is 0 Å². The lowest BCUT2D eigenvalue weighted by atomic mass is 9.76. The van der Waals surface area contributed by atoms with E-state index < -0.39 is 20.3 Å². The van der Waals surface area contributed by atoms with E-state index >= 15 is 0 Å². The standard InChI is InChI=1S/C9H13BO2/c1-3-8-5-4-7(2)6-9(8)10(11)12/h4-6,11-12H,3H2,1-2H3/i1D3,3D2. The fourth-order valence-electron chi connectivity index (χ4n) is 1.01. The van der Waals surface area contributed by atoms with E-state index in [9.17, 15) is 0 Å². The van der Waals surface area contributed by atoms with E-state index in [-0.39, 0.29) is 11.0 Å². The molecular weight excluding hydrogens is 151 g/mol. The number of hydrogen-bond acceptors (Lipinski definition) is 2. The third-order valence-corrected chi connectivity index (χ3v) is 1.62. The molecule has 0 aliphatic rings. The lowest BCUT2D eigenvalue weighted by Crippen LogP contribution is -2.33. The molecule has 12 heavy (non-hydrogen) atoms. The van der Waals surface area contributed by atoms with Gasteiger partial charge in [0.2, 0.25) is 0 Å². The molecule has 1 aromatic carbocycles. The van der Waals surface area contributed by atoms with Gasteiger partial charge in [-0.2, -0.15) is 0 Å². The monoisotopic (exact) mass is 169 g/mol. The first-order chi connectivity index (χ1) is 7.57. The number of aryl methyl sites for hydroxylation is 2. The summed E-state index contributed by atoms with van der Waals surface area (Å²) in [5.74, 6) is 0. The molecule has 0 bridgehead atoms. The Labute approximate surface area is 80.0 Å². The molecule has 0 saturated carbocycles. The van der Waals surface area contributed by atoms with Crippen molar-refractivity contribution in [2.75, 3.05) is 0 Å². The van der Waals surface area contributed by atoms with Crippen LogP contribution in [0.15, 0.2) is 18.2 Å². The van der Waals surface area contributed by atoms with Crippen LogP contribution < -0.4 is 5.46 Å². The van der Waals surface area contributed by atoms with Gasteiger partial charge < -0.3 is 10.0 Å². The third kappa shape index (κ3) is 1.87. The molecule has 0 heterocycles. The van der Waals surface area contributed by atoms with E-state index in [1.807, 2.05) is 0 Å². The average Bonchev–Trinajstić information content (AvgIpc) is 2.15. The highest BCUT2D eigenvalue weighted by atomic mass is 16.4. The van der Waals surface area contributed by atoms with Crippen molar-refractivity contribution in [1.82, 2.24) is 0 Å². The summed E-state index contributed by atoms with van der Waals surface area (Å²) in [5, 5.41) is 18.3. The number of rotatable bonds is 2. The van der Waals surface area contributed by atoms with Gasteiger partial charge in [-0.15, -0.1) is 0 Å². The summed E-state index contributed by atoms with van der Waals surface area (Å²) in [5.41, 5.74) is 0.349. The largest absolute Gasteiger partial charge is 0.488 e. The minimum absolute atomic E-state index is 0.119. The maximum absolute atomic E-state index is 9.16. The molecule has 0 atom stereocenters. The molecule has 3 heteroatoms. The quantitative estimate of drug-likeness (QED) is 0.622. The van der Waals surface area contributed by atoms with Crippen LogP contribution in [-0.4, -0.2) is 17.2 Å². The van der Waals surface area contributed by atoms with E-state index in [2.05, 4.69) is 0 Å². The first-order valence-electron chi connectivity index (χ1n) is 6.04. The molecule has 0 amide bonds. The van der Waals surface area contributed by atoms with Crippen molar-refractivity contribution in [3.05, 3.63) is 29.3 Å². The Morgan fingerprint density at radius 2 is 2.33 bits per heavy atom. The smallest absolute Gasteiger partial charge is 0.423 e. The van der Waals surface area contributed by atoms with Crippen LogP contribution in [0.1, 0.15) is 24.8 Å². The normalized spacial score (nSPS) is 18.4. The van der Waals surface area contributed by atoms with Gasteiger partial charge in [0.25, 0.3) is 0 Å². The number of hydrogen-bond donors (Lipinski definition) is 2. The maximum Gasteiger partial charge on any atom is 0.488 e. The zero-order chi connectivity index (χ0) is 13.4. The van der Waals surface area contributed by atoms with Crippen molar-refractivity contribution >= 4 is 12.6 Å². The molecule has 1 aromatic rings. The second kappa shape index (κ2) is 3.74. The Hall–Kier alpha value is -0.795. The van der Waals surface area contributed by atoms with Crippen molar-refractivity contribution in [3.63, 3.8) is 0 Å². The molecule has 2 N–H and O–H groups in total. The van der Waals surface area contributed by atoms with Crippen LogP contribution in [0.2, 0.25) is 0 Å². The van der Waals surface area contributed by atoms with Crippen molar-refractivity contribution in [2.24, 2.45) is 0 Å². The van der Waals surface area contributed by atoms with Crippen LogP contribution >= 0.6 is 0 Å². The van der Waals surface area contributed by atoms with Crippen LogP contribution in [0, 0.1) is 6.92 Å². The van der Waals surface area contributed by atoms with Gasteiger partial charge in [-0.05, 0) is 24.3 Å². The highest BCUT2D eigenvalue weighted by molar-refractivity contribution is 6.59. The Morgan fingerprint density at radius 1 is 1.58 bits per heavy atom. The molecule has 0 unspecified atom stereocenters. The SMILES string of the molecule is [2H]C([2H])([2H])C([2H])([2H])c1ccc(C)cc1B(O)O. The first-order valence-corrected chi connectivity index (χ1v) is 3.54. The van der Waals surface area contributed by atoms with Gasteiger partial charge in [0, 0.05) is 6.85 Å². The second-order valence-corrected chi connectivity index (χ2v) is 2.59. The van der Waals surface area contributed by atoms with Gasteiger partial charge >= 0.3 is 7.12 Å². The molecule has 0 aliphatic carbocycles. The molecule has 0 saturated heterocycles. The molecule has 2 nitrogen and oxygen atoms in total. The van der Waals surface area contributed by atoms with Gasteiger partial charge in [-0.3, -0.25) is 0 Å². The zero-order valence-corrected chi connectivity index (χ0v) is 6.70. The van der Waals surface area contributed by atoms with E-state index in [4.69, 9.17) is 16.9 Å². The summed E-state index contributed by atoms with van der Waals surface area (Å²) in [6, 6.07) is 4.17. The summed E-state index contributed by atoms with van der Waals surface area (Å²) in [7, 11) is -1.90. The lowest BCUT2D eigenvalue weighted by molar-refractivity contribution is 0.425. The zero-order valence-electron chi connectivity index (χ0n) is 11.7. The van der Waals surface area contributed by atoms with Crippen LogP contribution in [0.4, 0.5) is 0 Å². The minimum atomic E-state index is -2.87. The second-order valence-electron chi connectivity index (χ2n) is 2.59. The highest BCUT2D eigenvalue weighted by Crippen LogP contribution is 2.01. The summed E-state index contributed by atoms with van der Waals surface area (Å²) >= 11 is 0. The topological polar surface area (TPSA) is 40.5 Å². The average molecular weight is 169 g/mol. The lowest BCUT2D eigenvalue weighted by Gasteiger charge is -2.07. The first kappa shape index (κ1) is 4.44. The molecule has 64 valence electrons. The van der Waals surface area contributed by atoms with Gasteiger partial charge in [-0.1, -0.05) is 30.6 Å². The minimum Gasteiger partial charge on any atom is -0.423 e. The van der Waals surface area contributed by atoms with Crippen LogP contribution in [-0.2, 0) is 6.37 Å². The predicted octanol–water partition coefficient (Wildman–Crippen LogP) is 0.237. The summed E-state index contributed by atoms with van der Waals surface area (Å²) in [6.07, 6.45) is -2.63. The van der Waals surface area contributed by atoms with E-state index in [0.29, 0.717) is 5.56 Å². The van der Waals surface area contributed by atoms with E-state index in [1.165, 1.54) is 18.2 Å². The fraction of sp³-hybridized carbons (Fsp3) is 0.333. The van der Waals surface area contributed by atoms with E-state index in [1.54, 1.807) is 6.92 Å².